The molecule has 0 N–H and O–H groups in total. The van der Waals surface area contributed by atoms with E-state index in [1.54, 1.807) is 17.3 Å². The molecule has 1 saturated heterocycles. The lowest BCUT2D eigenvalue weighted by Crippen LogP contribution is -2.32. The van der Waals surface area contributed by atoms with Gasteiger partial charge in [0.1, 0.15) is 17.7 Å². The highest BCUT2D eigenvalue weighted by Gasteiger charge is 2.28. The number of halogens is 3. The summed E-state index contributed by atoms with van der Waals surface area (Å²) in [6.07, 6.45) is 3.51. The van der Waals surface area contributed by atoms with Crippen LogP contribution < -0.4 is 4.74 Å². The molecule has 24 heavy (non-hydrogen) atoms. The maximum atomic E-state index is 13.6. The van der Waals surface area contributed by atoms with Crippen LogP contribution in [0.4, 0.5) is 8.78 Å². The van der Waals surface area contributed by atoms with Crippen LogP contribution in [0, 0.1) is 11.6 Å². The summed E-state index contributed by atoms with van der Waals surface area (Å²) in [7, 11) is 0. The third-order valence-corrected chi connectivity index (χ3v) is 4.13. The third-order valence-electron chi connectivity index (χ3n) is 3.72. The quantitative estimate of drug-likeness (QED) is 0.795. The van der Waals surface area contributed by atoms with E-state index in [2.05, 4.69) is 25.9 Å². The Hall–Kier alpha value is -2.09. The maximum Gasteiger partial charge on any atom is 0.316 e. The Morgan fingerprint density at radius 3 is 2.79 bits per heavy atom. The minimum absolute atomic E-state index is 0.104. The fourth-order valence-corrected chi connectivity index (χ4v) is 2.71. The molecule has 1 amide bonds. The first-order valence-corrected chi connectivity index (χ1v) is 8.16. The zero-order valence-electron chi connectivity index (χ0n) is 12.6. The number of aromatic nitrogens is 2. The molecule has 1 aliphatic heterocycles. The summed E-state index contributed by atoms with van der Waals surface area (Å²) in [5, 5.41) is 0. The van der Waals surface area contributed by atoms with Crippen LogP contribution in [-0.4, -0.2) is 40.0 Å². The van der Waals surface area contributed by atoms with Gasteiger partial charge >= 0.3 is 6.01 Å². The second kappa shape index (κ2) is 7.21. The third kappa shape index (κ3) is 4.05. The summed E-state index contributed by atoms with van der Waals surface area (Å²) in [5.41, 5.74) is 0.182. The van der Waals surface area contributed by atoms with Gasteiger partial charge in [0.2, 0.25) is 5.91 Å². The van der Waals surface area contributed by atoms with E-state index >= 15 is 0 Å². The fourth-order valence-electron chi connectivity index (χ4n) is 2.50. The van der Waals surface area contributed by atoms with Crippen LogP contribution in [0.2, 0.25) is 0 Å². The van der Waals surface area contributed by atoms with Gasteiger partial charge in [0.15, 0.2) is 0 Å². The molecule has 8 heteroatoms. The molecule has 126 valence electrons. The molecule has 1 atom stereocenters. The van der Waals surface area contributed by atoms with Crippen LogP contribution in [0.1, 0.15) is 12.0 Å². The van der Waals surface area contributed by atoms with E-state index in [0.717, 1.165) is 16.6 Å². The van der Waals surface area contributed by atoms with Crippen LogP contribution >= 0.6 is 15.9 Å². The van der Waals surface area contributed by atoms with Crippen molar-refractivity contribution in [2.75, 3.05) is 13.1 Å². The molecule has 1 aliphatic rings. The number of rotatable bonds is 4. The van der Waals surface area contributed by atoms with Crippen molar-refractivity contribution in [1.29, 1.82) is 0 Å². The Morgan fingerprint density at radius 1 is 1.33 bits per heavy atom. The normalized spacial score (nSPS) is 17.1. The van der Waals surface area contributed by atoms with E-state index in [4.69, 9.17) is 4.74 Å². The van der Waals surface area contributed by atoms with Gasteiger partial charge in [-0.3, -0.25) is 4.79 Å². The second-order valence-corrected chi connectivity index (χ2v) is 6.38. The van der Waals surface area contributed by atoms with Crippen molar-refractivity contribution in [1.82, 2.24) is 14.9 Å². The summed E-state index contributed by atoms with van der Waals surface area (Å²) >= 11 is 3.24. The Morgan fingerprint density at radius 2 is 2.08 bits per heavy atom. The van der Waals surface area contributed by atoms with Crippen molar-refractivity contribution in [2.24, 2.45) is 0 Å². The van der Waals surface area contributed by atoms with Crippen LogP contribution in [0.5, 0.6) is 6.01 Å². The highest BCUT2D eigenvalue weighted by atomic mass is 79.9. The molecule has 0 aliphatic carbocycles. The molecule has 3 rings (SSSR count). The monoisotopic (exact) mass is 397 g/mol. The van der Waals surface area contributed by atoms with Crippen molar-refractivity contribution in [3.05, 3.63) is 52.3 Å². The molecule has 5 nitrogen and oxygen atoms in total. The van der Waals surface area contributed by atoms with Crippen LogP contribution in [-0.2, 0) is 11.2 Å². The van der Waals surface area contributed by atoms with Gasteiger partial charge in [-0.15, -0.1) is 0 Å². The first-order valence-electron chi connectivity index (χ1n) is 7.37. The summed E-state index contributed by atoms with van der Waals surface area (Å²) in [6.45, 7) is 0.907. The minimum atomic E-state index is -0.710. The zero-order valence-corrected chi connectivity index (χ0v) is 14.2. The number of benzene rings is 1. The molecule has 0 bridgehead atoms. The Bertz CT molecular complexity index is 743. The number of hydrogen-bond donors (Lipinski definition) is 0. The van der Waals surface area contributed by atoms with Gasteiger partial charge in [0, 0.05) is 31.4 Å². The van der Waals surface area contributed by atoms with E-state index < -0.39 is 11.6 Å². The highest BCUT2D eigenvalue weighted by molar-refractivity contribution is 9.10. The number of ether oxygens (including phenoxy) is 1. The number of hydrogen-bond acceptors (Lipinski definition) is 4. The number of carbonyl (C=O) groups excluding carboxylic acids is 1. The van der Waals surface area contributed by atoms with Crippen molar-refractivity contribution in [3.63, 3.8) is 0 Å². The lowest BCUT2D eigenvalue weighted by Gasteiger charge is -2.17. The van der Waals surface area contributed by atoms with E-state index in [1.165, 1.54) is 6.07 Å². The lowest BCUT2D eigenvalue weighted by molar-refractivity contribution is -0.129. The first-order chi connectivity index (χ1) is 11.5. The molecule has 2 heterocycles. The Labute approximate surface area is 145 Å². The molecular weight excluding hydrogens is 384 g/mol. The molecule has 0 spiro atoms. The van der Waals surface area contributed by atoms with Gasteiger partial charge in [-0.2, -0.15) is 0 Å². The van der Waals surface area contributed by atoms with Gasteiger partial charge in [0.25, 0.3) is 0 Å². The molecule has 1 aromatic heterocycles. The predicted molar refractivity (Wildman–Crippen MR) is 85.4 cm³/mol. The molecule has 1 aromatic carbocycles. The van der Waals surface area contributed by atoms with Crippen molar-refractivity contribution in [2.45, 2.75) is 18.9 Å². The minimum Gasteiger partial charge on any atom is -0.458 e. The molecule has 2 aromatic rings. The van der Waals surface area contributed by atoms with E-state index in [-0.39, 0.29) is 30.0 Å². The zero-order chi connectivity index (χ0) is 17.1. The lowest BCUT2D eigenvalue weighted by atomic mass is 10.1. The Kier molecular flexibility index (Phi) is 5.03. The van der Waals surface area contributed by atoms with Gasteiger partial charge in [-0.05, 0) is 27.6 Å². The van der Waals surface area contributed by atoms with Gasteiger partial charge < -0.3 is 9.64 Å². The number of amides is 1. The molecule has 0 radical (unpaired) electrons. The molecule has 1 fully saturated rings. The number of likely N-dealkylation sites (tertiary alicyclic amines) is 1. The highest BCUT2D eigenvalue weighted by Crippen LogP contribution is 2.18. The topological polar surface area (TPSA) is 55.3 Å². The van der Waals surface area contributed by atoms with Crippen LogP contribution in [0.3, 0.4) is 0 Å². The number of nitrogens with zero attached hydrogens (tertiary/aromatic N) is 3. The second-order valence-electron chi connectivity index (χ2n) is 5.46. The number of carbonyl (C=O) groups is 1. The Balaban J connectivity index is 1.56. The summed E-state index contributed by atoms with van der Waals surface area (Å²) in [4.78, 5) is 21.9. The molecule has 1 unspecified atom stereocenters. The van der Waals surface area contributed by atoms with Crippen LogP contribution in [0.15, 0.2) is 35.1 Å². The first kappa shape index (κ1) is 16.8. The largest absolute Gasteiger partial charge is 0.458 e. The van der Waals surface area contributed by atoms with Crippen molar-refractivity contribution >= 4 is 21.8 Å². The van der Waals surface area contributed by atoms with E-state index in [9.17, 15) is 13.6 Å². The summed E-state index contributed by atoms with van der Waals surface area (Å²) < 4.78 is 32.9. The standard InChI is InChI=1S/C16H14BrF2N3O2/c17-11-7-20-16(21-8-11)24-13-3-4-22(9-13)15(23)5-10-1-2-12(18)6-14(10)19/h1-2,6-8,13H,3-5,9H2. The van der Waals surface area contributed by atoms with Crippen molar-refractivity contribution in [3.8, 4) is 6.01 Å². The summed E-state index contributed by atoms with van der Waals surface area (Å²) in [5.74, 6) is -1.59. The average Bonchev–Trinajstić information content (AvgIpc) is 3.01. The predicted octanol–water partition coefficient (Wildman–Crippen LogP) is 2.74. The van der Waals surface area contributed by atoms with Crippen LogP contribution in [0.25, 0.3) is 0 Å². The summed E-state index contributed by atoms with van der Waals surface area (Å²) in [6, 6.07) is 3.47. The molecule has 0 saturated carbocycles. The SMILES string of the molecule is O=C(Cc1ccc(F)cc1F)N1CCC(Oc2ncc(Br)cn2)C1. The van der Waals surface area contributed by atoms with Gasteiger partial charge in [0.05, 0.1) is 17.4 Å². The molecular formula is C16H14BrF2N3O2. The fraction of sp³-hybridized carbons (Fsp3) is 0.312. The average molecular weight is 398 g/mol. The van der Waals surface area contributed by atoms with E-state index in [0.29, 0.717) is 19.5 Å². The smallest absolute Gasteiger partial charge is 0.316 e. The maximum absolute atomic E-state index is 13.6. The van der Waals surface area contributed by atoms with Crippen molar-refractivity contribution < 1.29 is 18.3 Å². The van der Waals surface area contributed by atoms with E-state index in [1.807, 2.05) is 0 Å². The van der Waals surface area contributed by atoms with Gasteiger partial charge in [-0.1, -0.05) is 6.07 Å². The van der Waals surface area contributed by atoms with Gasteiger partial charge in [-0.25, -0.2) is 18.7 Å².